The first-order valence-electron chi connectivity index (χ1n) is 13.1. The van der Waals surface area contributed by atoms with Gasteiger partial charge in [-0.3, -0.25) is 9.18 Å². The molecule has 1 aromatic carbocycles. The van der Waals surface area contributed by atoms with Gasteiger partial charge in [-0.15, -0.1) is 0 Å². The predicted molar refractivity (Wildman–Crippen MR) is 141 cm³/mol. The van der Waals surface area contributed by atoms with Gasteiger partial charge in [0.1, 0.15) is 12.1 Å². The number of alkyl halides is 1. The van der Waals surface area contributed by atoms with E-state index in [0.29, 0.717) is 28.5 Å². The van der Waals surface area contributed by atoms with Crippen LogP contribution in [0.1, 0.15) is 62.4 Å². The summed E-state index contributed by atoms with van der Waals surface area (Å²) in [7, 11) is 0. The molecule has 9 heteroatoms. The standard InChI is InChI=1S/C28H30FN7O/c1-27(2,16-29)22-4-3-5-23(33-22)36-24-20(25(37)35(36)19-7-8-19)15-30-26(34-24)32-18-6-9-21-17(14-18)10-13-31-28(21)11-12-28/h3-6,9,14-15,19,31H,7-8,10-13,16H2,1-2H3,(H,30,32,34). The second kappa shape index (κ2) is 7.95. The predicted octanol–water partition coefficient (Wildman–Crippen LogP) is 4.44. The molecule has 1 spiro atoms. The Hall–Kier alpha value is -3.59. The van der Waals surface area contributed by atoms with Crippen molar-refractivity contribution < 1.29 is 4.39 Å². The van der Waals surface area contributed by atoms with Gasteiger partial charge in [-0.25, -0.2) is 19.3 Å². The summed E-state index contributed by atoms with van der Waals surface area (Å²) < 4.78 is 17.3. The second-order valence-corrected chi connectivity index (χ2v) is 11.3. The zero-order chi connectivity index (χ0) is 25.4. The number of aromatic nitrogens is 5. The highest BCUT2D eigenvalue weighted by molar-refractivity contribution is 5.77. The van der Waals surface area contributed by atoms with Gasteiger partial charge >= 0.3 is 0 Å². The summed E-state index contributed by atoms with van der Waals surface area (Å²) >= 11 is 0. The minimum absolute atomic E-state index is 0.0988. The van der Waals surface area contributed by atoms with Crippen LogP contribution in [0.4, 0.5) is 16.0 Å². The van der Waals surface area contributed by atoms with Crippen molar-refractivity contribution in [1.29, 1.82) is 0 Å². The van der Waals surface area contributed by atoms with Crippen molar-refractivity contribution in [3.63, 3.8) is 0 Å². The molecule has 2 aliphatic carbocycles. The van der Waals surface area contributed by atoms with E-state index in [0.717, 1.165) is 31.5 Å². The Morgan fingerprint density at radius 1 is 1.19 bits per heavy atom. The Kier molecular flexibility index (Phi) is 4.86. The highest BCUT2D eigenvalue weighted by Gasteiger charge is 2.46. The van der Waals surface area contributed by atoms with E-state index >= 15 is 0 Å². The molecule has 0 bridgehead atoms. The van der Waals surface area contributed by atoms with Gasteiger partial charge in [0, 0.05) is 29.4 Å². The number of hydrogen-bond acceptors (Lipinski definition) is 6. The zero-order valence-corrected chi connectivity index (χ0v) is 21.1. The van der Waals surface area contributed by atoms with E-state index < -0.39 is 12.1 Å². The first kappa shape index (κ1) is 22.6. The summed E-state index contributed by atoms with van der Waals surface area (Å²) in [5.74, 6) is 0.975. The van der Waals surface area contributed by atoms with Crippen molar-refractivity contribution in [3.05, 3.63) is 69.8 Å². The number of hydrogen-bond donors (Lipinski definition) is 2. The third kappa shape index (κ3) is 3.67. The minimum Gasteiger partial charge on any atom is -0.324 e. The van der Waals surface area contributed by atoms with Crippen molar-refractivity contribution in [2.45, 2.75) is 62.9 Å². The molecule has 0 atom stereocenters. The fraction of sp³-hybridized carbons (Fsp3) is 0.429. The van der Waals surface area contributed by atoms with Crippen LogP contribution in [0.2, 0.25) is 0 Å². The number of fused-ring (bicyclic) bond motifs is 3. The summed E-state index contributed by atoms with van der Waals surface area (Å²) in [4.78, 5) is 27.4. The topological polar surface area (TPSA) is 89.7 Å². The van der Waals surface area contributed by atoms with E-state index in [2.05, 4.69) is 33.8 Å². The number of benzene rings is 1. The summed E-state index contributed by atoms with van der Waals surface area (Å²) in [5, 5.41) is 7.47. The Bertz CT molecular complexity index is 1600. The molecule has 4 aromatic rings. The average Bonchev–Trinajstić information content (AvgIpc) is 3.84. The lowest BCUT2D eigenvalue weighted by molar-refractivity contribution is 0.344. The average molecular weight is 500 g/mol. The van der Waals surface area contributed by atoms with Gasteiger partial charge in [-0.1, -0.05) is 26.0 Å². The van der Waals surface area contributed by atoms with Crippen molar-refractivity contribution in [2.75, 3.05) is 18.5 Å². The quantitative estimate of drug-likeness (QED) is 0.408. The summed E-state index contributed by atoms with van der Waals surface area (Å²) in [6.45, 7) is 4.11. The Labute approximate surface area is 213 Å². The molecule has 2 fully saturated rings. The smallest absolute Gasteiger partial charge is 0.278 e. The number of pyridine rings is 1. The number of anilines is 2. The number of halogens is 1. The fourth-order valence-electron chi connectivity index (χ4n) is 5.49. The number of nitrogens with zero attached hydrogens (tertiary/aromatic N) is 5. The van der Waals surface area contributed by atoms with E-state index in [1.165, 1.54) is 24.0 Å². The molecule has 2 saturated carbocycles. The lowest BCUT2D eigenvalue weighted by Gasteiger charge is -2.27. The van der Waals surface area contributed by atoms with Crippen LogP contribution in [0.15, 0.2) is 47.4 Å². The van der Waals surface area contributed by atoms with Gasteiger partial charge < -0.3 is 10.6 Å². The molecule has 8 nitrogen and oxygen atoms in total. The molecular formula is C28H30FN7O. The van der Waals surface area contributed by atoms with Crippen molar-refractivity contribution in [1.82, 2.24) is 29.6 Å². The van der Waals surface area contributed by atoms with Gasteiger partial charge in [0.15, 0.2) is 11.5 Å². The van der Waals surface area contributed by atoms with Gasteiger partial charge in [-0.05, 0) is 67.5 Å². The fourth-order valence-corrected chi connectivity index (χ4v) is 5.49. The molecule has 2 N–H and O–H groups in total. The largest absolute Gasteiger partial charge is 0.324 e. The van der Waals surface area contributed by atoms with Crippen LogP contribution in [0.5, 0.6) is 0 Å². The lowest BCUT2D eigenvalue weighted by Crippen LogP contribution is -2.36. The van der Waals surface area contributed by atoms with Gasteiger partial charge in [0.05, 0.1) is 11.7 Å². The van der Waals surface area contributed by atoms with E-state index in [1.54, 1.807) is 15.6 Å². The molecule has 3 aromatic heterocycles. The molecule has 0 unspecified atom stereocenters. The lowest BCUT2D eigenvalue weighted by atomic mass is 9.90. The molecular weight excluding hydrogens is 469 g/mol. The van der Waals surface area contributed by atoms with E-state index in [1.807, 2.05) is 32.0 Å². The molecule has 0 radical (unpaired) electrons. The first-order valence-corrected chi connectivity index (χ1v) is 13.1. The van der Waals surface area contributed by atoms with Crippen LogP contribution >= 0.6 is 0 Å². The van der Waals surface area contributed by atoms with Crippen LogP contribution in [0.25, 0.3) is 16.9 Å². The van der Waals surface area contributed by atoms with E-state index in [9.17, 15) is 9.18 Å². The Morgan fingerprint density at radius 3 is 2.78 bits per heavy atom. The summed E-state index contributed by atoms with van der Waals surface area (Å²) in [6.07, 6.45) is 6.83. The van der Waals surface area contributed by atoms with Gasteiger partial charge in [-0.2, -0.15) is 4.98 Å². The highest BCUT2D eigenvalue weighted by atomic mass is 19.1. The van der Waals surface area contributed by atoms with Crippen LogP contribution in [-0.4, -0.2) is 37.5 Å². The molecule has 37 heavy (non-hydrogen) atoms. The van der Waals surface area contributed by atoms with Gasteiger partial charge in [0.25, 0.3) is 5.56 Å². The summed E-state index contributed by atoms with van der Waals surface area (Å²) in [6, 6.07) is 12.1. The molecule has 1 aliphatic heterocycles. The third-order valence-corrected chi connectivity index (χ3v) is 7.98. The maximum Gasteiger partial charge on any atom is 0.278 e. The zero-order valence-electron chi connectivity index (χ0n) is 21.1. The molecule has 190 valence electrons. The minimum atomic E-state index is -0.730. The highest BCUT2D eigenvalue weighted by Crippen LogP contribution is 2.49. The maximum atomic E-state index is 13.7. The SMILES string of the molecule is CC(C)(CF)c1cccc(-n2c3nc(Nc4ccc5c(c4)CCNC54CC4)ncc3c(=O)n2C2CC2)n1. The summed E-state index contributed by atoms with van der Waals surface area (Å²) in [5.41, 5.74) is 4.14. The molecule has 0 saturated heterocycles. The Balaban J connectivity index is 1.31. The number of rotatable bonds is 6. The molecule has 0 amide bonds. The molecule has 4 heterocycles. The Morgan fingerprint density at radius 2 is 2.03 bits per heavy atom. The first-order chi connectivity index (χ1) is 17.9. The van der Waals surface area contributed by atoms with Gasteiger partial charge in [0.2, 0.25) is 5.95 Å². The van der Waals surface area contributed by atoms with Crippen LogP contribution < -0.4 is 16.2 Å². The number of nitrogens with one attached hydrogen (secondary N) is 2. The van der Waals surface area contributed by atoms with Crippen molar-refractivity contribution in [2.24, 2.45) is 0 Å². The molecule has 7 rings (SSSR count). The monoisotopic (exact) mass is 499 g/mol. The second-order valence-electron chi connectivity index (χ2n) is 11.3. The van der Waals surface area contributed by atoms with Crippen molar-refractivity contribution >= 4 is 22.7 Å². The van der Waals surface area contributed by atoms with Crippen LogP contribution in [0, 0.1) is 0 Å². The molecule has 3 aliphatic rings. The van der Waals surface area contributed by atoms with Crippen molar-refractivity contribution in [3.8, 4) is 5.82 Å². The van der Waals surface area contributed by atoms with Crippen LogP contribution in [0.3, 0.4) is 0 Å². The van der Waals surface area contributed by atoms with Crippen LogP contribution in [-0.2, 0) is 17.4 Å². The maximum absolute atomic E-state index is 13.7. The normalized spacial score (nSPS) is 18.2. The van der Waals surface area contributed by atoms with E-state index in [-0.39, 0.29) is 17.1 Å². The third-order valence-electron chi connectivity index (χ3n) is 7.98. The van der Waals surface area contributed by atoms with E-state index in [4.69, 9.17) is 9.97 Å².